The van der Waals surface area contributed by atoms with Crippen molar-refractivity contribution in [2.24, 2.45) is 0 Å². The third-order valence-corrected chi connectivity index (χ3v) is 5.28. The van der Waals surface area contributed by atoms with Gasteiger partial charge < -0.3 is 10.1 Å². The van der Waals surface area contributed by atoms with E-state index in [1.165, 1.54) is 40.3 Å². The number of benzene rings is 2. The summed E-state index contributed by atoms with van der Waals surface area (Å²) in [5, 5.41) is 19.7. The highest BCUT2D eigenvalue weighted by atomic mass is 32.1. The van der Waals surface area contributed by atoms with Crippen LogP contribution in [0.3, 0.4) is 0 Å². The fraction of sp³-hybridized carbons (Fsp3) is 0.0455. The zero-order chi connectivity index (χ0) is 22.5. The van der Waals surface area contributed by atoms with Crippen molar-refractivity contribution in [1.29, 1.82) is 0 Å². The standard InChI is InChI=1S/C22H16N4O5S/c27-21(23-15-8-10-17(11-9-15)26(29)30)14-31-22(28)19-13-18(20-7-4-12-32-20)24-25(19)16-5-2-1-3-6-16/h1-13H,14H2,(H,23,27). The van der Waals surface area contributed by atoms with E-state index < -0.39 is 23.4 Å². The molecule has 2 heterocycles. The van der Waals surface area contributed by atoms with Crippen molar-refractivity contribution in [3.8, 4) is 16.3 Å². The summed E-state index contributed by atoms with van der Waals surface area (Å²) in [6.45, 7) is -0.524. The molecule has 0 spiro atoms. The molecule has 160 valence electrons. The van der Waals surface area contributed by atoms with E-state index in [1.54, 1.807) is 6.07 Å². The van der Waals surface area contributed by atoms with Crippen LogP contribution in [0.5, 0.6) is 0 Å². The van der Waals surface area contributed by atoms with Gasteiger partial charge in [-0.05, 0) is 35.7 Å². The van der Waals surface area contributed by atoms with Gasteiger partial charge in [0.2, 0.25) is 0 Å². The smallest absolute Gasteiger partial charge is 0.357 e. The molecule has 0 radical (unpaired) electrons. The van der Waals surface area contributed by atoms with Gasteiger partial charge in [0.25, 0.3) is 11.6 Å². The monoisotopic (exact) mass is 448 g/mol. The lowest BCUT2D eigenvalue weighted by Crippen LogP contribution is -2.22. The summed E-state index contributed by atoms with van der Waals surface area (Å²) in [5.74, 6) is -1.28. The van der Waals surface area contributed by atoms with Gasteiger partial charge in [-0.25, -0.2) is 9.48 Å². The average molecular weight is 448 g/mol. The second kappa shape index (κ2) is 9.23. The SMILES string of the molecule is O=C(COC(=O)c1cc(-c2cccs2)nn1-c1ccccc1)Nc1ccc([N+](=O)[O-])cc1. The minimum atomic E-state index is -0.706. The molecule has 1 amide bonds. The Morgan fingerprint density at radius 3 is 2.47 bits per heavy atom. The minimum absolute atomic E-state index is 0.0925. The molecule has 0 unspecified atom stereocenters. The van der Waals surface area contributed by atoms with Crippen molar-refractivity contribution in [1.82, 2.24) is 9.78 Å². The number of carbonyl (C=O) groups excluding carboxylic acids is 2. The minimum Gasteiger partial charge on any atom is -0.451 e. The number of para-hydroxylation sites is 1. The second-order valence-electron chi connectivity index (χ2n) is 6.57. The van der Waals surface area contributed by atoms with Gasteiger partial charge in [0.1, 0.15) is 5.69 Å². The molecule has 9 nitrogen and oxygen atoms in total. The summed E-state index contributed by atoms with van der Waals surface area (Å²) >= 11 is 1.49. The van der Waals surface area contributed by atoms with E-state index >= 15 is 0 Å². The van der Waals surface area contributed by atoms with Gasteiger partial charge in [-0.2, -0.15) is 5.10 Å². The number of nitro groups is 1. The molecule has 32 heavy (non-hydrogen) atoms. The maximum Gasteiger partial charge on any atom is 0.357 e. The number of ether oxygens (including phenoxy) is 1. The molecule has 0 aliphatic heterocycles. The number of nitrogens with zero attached hydrogens (tertiary/aromatic N) is 3. The Kier molecular flexibility index (Phi) is 6.04. The summed E-state index contributed by atoms with van der Waals surface area (Å²) in [7, 11) is 0. The Balaban J connectivity index is 1.47. The summed E-state index contributed by atoms with van der Waals surface area (Å²) in [6.07, 6.45) is 0. The summed E-state index contributed by atoms with van der Waals surface area (Å²) in [5.41, 5.74) is 1.74. The number of non-ortho nitro benzene ring substituents is 1. The summed E-state index contributed by atoms with van der Waals surface area (Å²) in [4.78, 5) is 36.0. The molecule has 0 saturated heterocycles. The highest BCUT2D eigenvalue weighted by Gasteiger charge is 2.20. The Bertz CT molecular complexity index is 1250. The van der Waals surface area contributed by atoms with Crippen LogP contribution in [0.2, 0.25) is 0 Å². The van der Waals surface area contributed by atoms with Gasteiger partial charge in [0, 0.05) is 23.9 Å². The first-order valence-corrected chi connectivity index (χ1v) is 10.3. The number of thiophene rings is 1. The number of nitro benzene ring substituents is 1. The molecule has 0 aliphatic rings. The van der Waals surface area contributed by atoms with Crippen LogP contribution in [0.25, 0.3) is 16.3 Å². The number of hydrogen-bond donors (Lipinski definition) is 1. The van der Waals surface area contributed by atoms with Crippen LogP contribution < -0.4 is 5.32 Å². The van der Waals surface area contributed by atoms with Gasteiger partial charge in [-0.1, -0.05) is 24.3 Å². The van der Waals surface area contributed by atoms with Crippen LogP contribution in [-0.2, 0) is 9.53 Å². The third kappa shape index (κ3) is 4.71. The van der Waals surface area contributed by atoms with E-state index in [9.17, 15) is 19.7 Å². The van der Waals surface area contributed by atoms with E-state index in [0.29, 0.717) is 17.1 Å². The van der Waals surface area contributed by atoms with Crippen LogP contribution in [0.4, 0.5) is 11.4 Å². The van der Waals surface area contributed by atoms with E-state index in [-0.39, 0.29) is 11.4 Å². The zero-order valence-corrected chi connectivity index (χ0v) is 17.3. The molecular formula is C22H16N4O5S. The zero-order valence-electron chi connectivity index (χ0n) is 16.5. The molecule has 4 rings (SSSR count). The number of hydrogen-bond acceptors (Lipinski definition) is 7. The Morgan fingerprint density at radius 1 is 1.06 bits per heavy atom. The van der Waals surface area contributed by atoms with Crippen molar-refractivity contribution in [3.05, 3.63) is 94.0 Å². The largest absolute Gasteiger partial charge is 0.451 e. The highest BCUT2D eigenvalue weighted by molar-refractivity contribution is 7.13. The fourth-order valence-electron chi connectivity index (χ4n) is 2.91. The number of esters is 1. The van der Waals surface area contributed by atoms with E-state index in [2.05, 4.69) is 10.4 Å². The number of aromatic nitrogens is 2. The number of nitrogens with one attached hydrogen (secondary N) is 1. The van der Waals surface area contributed by atoms with Crippen molar-refractivity contribution < 1.29 is 19.2 Å². The van der Waals surface area contributed by atoms with Crippen LogP contribution in [0.1, 0.15) is 10.5 Å². The molecule has 1 N–H and O–H groups in total. The van der Waals surface area contributed by atoms with Crippen molar-refractivity contribution >= 4 is 34.6 Å². The van der Waals surface area contributed by atoms with Gasteiger partial charge >= 0.3 is 5.97 Å². The Labute approximate surface area is 186 Å². The van der Waals surface area contributed by atoms with Gasteiger partial charge in [-0.3, -0.25) is 14.9 Å². The van der Waals surface area contributed by atoms with Gasteiger partial charge in [0.05, 0.1) is 15.5 Å². The molecule has 10 heteroatoms. The predicted octanol–water partition coefficient (Wildman–Crippen LogP) is 4.30. The molecule has 0 aliphatic carbocycles. The third-order valence-electron chi connectivity index (χ3n) is 4.39. The molecule has 2 aromatic carbocycles. The maximum absolute atomic E-state index is 12.8. The highest BCUT2D eigenvalue weighted by Crippen LogP contribution is 2.26. The molecule has 2 aromatic heterocycles. The Morgan fingerprint density at radius 2 is 1.81 bits per heavy atom. The lowest BCUT2D eigenvalue weighted by atomic mass is 10.3. The molecular weight excluding hydrogens is 432 g/mol. The number of carbonyl (C=O) groups is 2. The Hall–Kier alpha value is -4.31. The van der Waals surface area contributed by atoms with Crippen molar-refractivity contribution in [3.63, 3.8) is 0 Å². The van der Waals surface area contributed by atoms with E-state index in [4.69, 9.17) is 4.74 Å². The van der Waals surface area contributed by atoms with E-state index in [0.717, 1.165) is 4.88 Å². The predicted molar refractivity (Wildman–Crippen MR) is 119 cm³/mol. The van der Waals surface area contributed by atoms with Crippen LogP contribution in [0.15, 0.2) is 78.2 Å². The first kappa shape index (κ1) is 20.9. The fourth-order valence-corrected chi connectivity index (χ4v) is 3.59. The lowest BCUT2D eigenvalue weighted by molar-refractivity contribution is -0.384. The number of anilines is 1. The van der Waals surface area contributed by atoms with Crippen LogP contribution >= 0.6 is 11.3 Å². The first-order chi connectivity index (χ1) is 15.5. The first-order valence-electron chi connectivity index (χ1n) is 9.42. The average Bonchev–Trinajstić information content (AvgIpc) is 3.48. The van der Waals surface area contributed by atoms with Gasteiger partial charge in [0.15, 0.2) is 12.3 Å². The lowest BCUT2D eigenvalue weighted by Gasteiger charge is -2.08. The topological polar surface area (TPSA) is 116 Å². The summed E-state index contributed by atoms with van der Waals surface area (Å²) in [6, 6.07) is 19.9. The second-order valence-corrected chi connectivity index (χ2v) is 7.52. The normalized spacial score (nSPS) is 10.5. The van der Waals surface area contributed by atoms with Crippen LogP contribution in [0, 0.1) is 10.1 Å². The summed E-state index contributed by atoms with van der Waals surface area (Å²) < 4.78 is 6.68. The quantitative estimate of drug-likeness (QED) is 0.256. The van der Waals surface area contributed by atoms with E-state index in [1.807, 2.05) is 47.8 Å². The molecule has 0 bridgehead atoms. The molecule has 0 saturated carbocycles. The number of amides is 1. The van der Waals surface area contributed by atoms with Crippen molar-refractivity contribution in [2.45, 2.75) is 0 Å². The maximum atomic E-state index is 12.8. The van der Waals surface area contributed by atoms with Crippen molar-refractivity contribution in [2.75, 3.05) is 11.9 Å². The number of rotatable bonds is 7. The molecule has 0 atom stereocenters. The van der Waals surface area contributed by atoms with Gasteiger partial charge in [-0.15, -0.1) is 11.3 Å². The molecule has 0 fully saturated rings. The van der Waals surface area contributed by atoms with Crippen LogP contribution in [-0.4, -0.2) is 33.2 Å². The molecule has 4 aromatic rings.